The van der Waals surface area contributed by atoms with E-state index >= 15 is 0 Å². The number of carbonyl (C=O) groups is 2. The molecule has 1 aromatic carbocycles. The predicted octanol–water partition coefficient (Wildman–Crippen LogP) is 2.57. The molecule has 1 aliphatic carbocycles. The quantitative estimate of drug-likeness (QED) is 0.941. The van der Waals surface area contributed by atoms with Gasteiger partial charge >= 0.3 is 6.61 Å². The SMILES string of the molecule is NC1=CC(=O)c2ccc(-c3ccc(OC(F)F)cc3)nc2C1=O. The van der Waals surface area contributed by atoms with Gasteiger partial charge in [-0.15, -0.1) is 0 Å². The molecule has 0 unspecified atom stereocenters. The molecule has 0 fully saturated rings. The number of benzene rings is 1. The first kappa shape index (κ1) is 14.8. The van der Waals surface area contributed by atoms with Crippen LogP contribution in [-0.4, -0.2) is 23.2 Å². The van der Waals surface area contributed by atoms with Crippen LogP contribution in [0.5, 0.6) is 5.75 Å². The molecule has 0 spiro atoms. The number of Topliss-reactive ketones (excluding diaryl/α,β-unsaturated/α-hetero) is 1. The van der Waals surface area contributed by atoms with E-state index in [2.05, 4.69) is 9.72 Å². The topological polar surface area (TPSA) is 82.3 Å². The van der Waals surface area contributed by atoms with Crippen molar-refractivity contribution in [3.63, 3.8) is 0 Å². The lowest BCUT2D eigenvalue weighted by Gasteiger charge is -2.13. The van der Waals surface area contributed by atoms with E-state index in [9.17, 15) is 18.4 Å². The number of carbonyl (C=O) groups excluding carboxylic acids is 2. The van der Waals surface area contributed by atoms with Gasteiger partial charge in [0.1, 0.15) is 11.4 Å². The minimum Gasteiger partial charge on any atom is -0.435 e. The number of halogens is 2. The molecule has 0 radical (unpaired) electrons. The highest BCUT2D eigenvalue weighted by atomic mass is 19.3. The zero-order valence-electron chi connectivity index (χ0n) is 11.6. The van der Waals surface area contributed by atoms with Crippen LogP contribution < -0.4 is 10.5 Å². The third-order valence-corrected chi connectivity index (χ3v) is 3.30. The Morgan fingerprint density at radius 3 is 2.39 bits per heavy atom. The van der Waals surface area contributed by atoms with Gasteiger partial charge in [0.15, 0.2) is 5.78 Å². The molecule has 2 aromatic rings. The Morgan fingerprint density at radius 1 is 1.04 bits per heavy atom. The van der Waals surface area contributed by atoms with Crippen LogP contribution in [0.2, 0.25) is 0 Å². The number of nitrogens with two attached hydrogens (primary N) is 1. The molecule has 116 valence electrons. The summed E-state index contributed by atoms with van der Waals surface area (Å²) in [5.41, 5.74) is 6.52. The summed E-state index contributed by atoms with van der Waals surface area (Å²) in [5, 5.41) is 0. The first-order chi connectivity index (χ1) is 11.0. The fourth-order valence-corrected chi connectivity index (χ4v) is 2.22. The lowest BCUT2D eigenvalue weighted by Crippen LogP contribution is -2.23. The maximum atomic E-state index is 12.1. The molecule has 1 aliphatic rings. The summed E-state index contributed by atoms with van der Waals surface area (Å²) in [6.45, 7) is -2.90. The molecule has 0 atom stereocenters. The number of pyridine rings is 1. The maximum absolute atomic E-state index is 12.1. The average molecular weight is 316 g/mol. The lowest BCUT2D eigenvalue weighted by atomic mass is 9.96. The van der Waals surface area contributed by atoms with E-state index in [1.165, 1.54) is 30.3 Å². The molecule has 7 heteroatoms. The van der Waals surface area contributed by atoms with Crippen LogP contribution in [0.15, 0.2) is 48.2 Å². The molecular weight excluding hydrogens is 306 g/mol. The summed E-state index contributed by atoms with van der Waals surface area (Å²) in [6, 6.07) is 8.85. The smallest absolute Gasteiger partial charge is 0.387 e. The first-order valence-electron chi connectivity index (χ1n) is 6.58. The van der Waals surface area contributed by atoms with E-state index in [1.54, 1.807) is 6.07 Å². The molecule has 2 N–H and O–H groups in total. The van der Waals surface area contributed by atoms with Crippen LogP contribution in [-0.2, 0) is 0 Å². The number of rotatable bonds is 3. The largest absolute Gasteiger partial charge is 0.435 e. The summed E-state index contributed by atoms with van der Waals surface area (Å²) < 4.78 is 28.5. The number of fused-ring (bicyclic) bond motifs is 1. The van der Waals surface area contributed by atoms with Crippen LogP contribution in [0.4, 0.5) is 8.78 Å². The predicted molar refractivity (Wildman–Crippen MR) is 77.2 cm³/mol. The molecule has 3 rings (SSSR count). The molecule has 5 nitrogen and oxygen atoms in total. The number of hydrogen-bond donors (Lipinski definition) is 1. The molecule has 0 amide bonds. The van der Waals surface area contributed by atoms with Gasteiger partial charge in [-0.3, -0.25) is 9.59 Å². The van der Waals surface area contributed by atoms with Gasteiger partial charge in [-0.1, -0.05) is 0 Å². The summed E-state index contributed by atoms with van der Waals surface area (Å²) >= 11 is 0. The summed E-state index contributed by atoms with van der Waals surface area (Å²) in [6.07, 6.45) is 1.07. The van der Waals surface area contributed by atoms with Gasteiger partial charge in [-0.2, -0.15) is 8.78 Å². The summed E-state index contributed by atoms with van der Waals surface area (Å²) in [4.78, 5) is 28.0. The van der Waals surface area contributed by atoms with Crippen LogP contribution in [0.3, 0.4) is 0 Å². The number of alkyl halides is 2. The second-order valence-corrected chi connectivity index (χ2v) is 4.79. The van der Waals surface area contributed by atoms with Crippen molar-refractivity contribution in [1.82, 2.24) is 4.98 Å². The van der Waals surface area contributed by atoms with Crippen LogP contribution >= 0.6 is 0 Å². The third-order valence-electron chi connectivity index (χ3n) is 3.30. The van der Waals surface area contributed by atoms with E-state index in [-0.39, 0.29) is 28.5 Å². The van der Waals surface area contributed by atoms with Gasteiger partial charge in [0.2, 0.25) is 5.78 Å². The van der Waals surface area contributed by atoms with Crippen molar-refractivity contribution in [3.8, 4) is 17.0 Å². The lowest BCUT2D eigenvalue weighted by molar-refractivity contribution is -0.0498. The third kappa shape index (κ3) is 2.80. The molecular formula is C16H10F2N2O3. The average Bonchev–Trinajstić information content (AvgIpc) is 2.52. The van der Waals surface area contributed by atoms with Crippen molar-refractivity contribution >= 4 is 11.6 Å². The van der Waals surface area contributed by atoms with Crippen molar-refractivity contribution < 1.29 is 23.1 Å². The van der Waals surface area contributed by atoms with Gasteiger partial charge in [-0.25, -0.2) is 4.98 Å². The van der Waals surface area contributed by atoms with Gasteiger partial charge in [0.25, 0.3) is 0 Å². The first-order valence-corrected chi connectivity index (χ1v) is 6.58. The van der Waals surface area contributed by atoms with Gasteiger partial charge in [0, 0.05) is 11.6 Å². The maximum Gasteiger partial charge on any atom is 0.387 e. The Balaban J connectivity index is 1.97. The summed E-state index contributed by atoms with van der Waals surface area (Å²) in [7, 11) is 0. The molecule has 0 bridgehead atoms. The normalized spacial score (nSPS) is 13.8. The van der Waals surface area contributed by atoms with Crippen LogP contribution in [0, 0.1) is 0 Å². The van der Waals surface area contributed by atoms with E-state index in [0.29, 0.717) is 11.3 Å². The fourth-order valence-electron chi connectivity index (χ4n) is 2.22. The molecule has 1 heterocycles. The van der Waals surface area contributed by atoms with Crippen LogP contribution in [0.1, 0.15) is 20.8 Å². The highest BCUT2D eigenvalue weighted by Crippen LogP contribution is 2.25. The fraction of sp³-hybridized carbons (Fsp3) is 0.0625. The number of allylic oxidation sites excluding steroid dienone is 2. The molecule has 0 aliphatic heterocycles. The number of hydrogen-bond acceptors (Lipinski definition) is 5. The molecule has 0 saturated heterocycles. The van der Waals surface area contributed by atoms with Crippen molar-refractivity contribution in [2.45, 2.75) is 6.61 Å². The Labute approximate surface area is 129 Å². The number of nitrogens with zero attached hydrogens (tertiary/aromatic N) is 1. The van der Waals surface area contributed by atoms with E-state index in [1.807, 2.05) is 0 Å². The molecule has 1 aromatic heterocycles. The van der Waals surface area contributed by atoms with E-state index in [4.69, 9.17) is 5.73 Å². The zero-order valence-corrected chi connectivity index (χ0v) is 11.6. The van der Waals surface area contributed by atoms with Crippen molar-refractivity contribution in [2.75, 3.05) is 0 Å². The van der Waals surface area contributed by atoms with Gasteiger partial charge in [0.05, 0.1) is 17.0 Å². The second-order valence-electron chi connectivity index (χ2n) is 4.79. The Bertz CT molecular complexity index is 830. The Morgan fingerprint density at radius 2 is 1.74 bits per heavy atom. The molecule has 23 heavy (non-hydrogen) atoms. The minimum absolute atomic E-state index is 0.0135. The standard InChI is InChI=1S/C16H10F2N2O3/c17-16(18)23-9-3-1-8(2-4-9)12-6-5-10-13(21)7-11(19)15(22)14(10)20-12/h1-7,16H,19H2. The number of ether oxygens (including phenoxy) is 1. The highest BCUT2D eigenvalue weighted by molar-refractivity contribution is 6.23. The van der Waals surface area contributed by atoms with Crippen molar-refractivity contribution in [3.05, 3.63) is 59.4 Å². The Kier molecular flexibility index (Phi) is 3.61. The van der Waals surface area contributed by atoms with Gasteiger partial charge in [-0.05, 0) is 36.4 Å². The highest BCUT2D eigenvalue weighted by Gasteiger charge is 2.25. The second kappa shape index (κ2) is 5.60. The number of aromatic nitrogens is 1. The van der Waals surface area contributed by atoms with E-state index in [0.717, 1.165) is 6.08 Å². The van der Waals surface area contributed by atoms with E-state index < -0.39 is 12.4 Å². The summed E-state index contributed by atoms with van der Waals surface area (Å²) in [5.74, 6) is -0.879. The Hall–Kier alpha value is -3.09. The van der Waals surface area contributed by atoms with Crippen LogP contribution in [0.25, 0.3) is 11.3 Å². The monoisotopic (exact) mass is 316 g/mol. The van der Waals surface area contributed by atoms with Crippen molar-refractivity contribution in [2.24, 2.45) is 5.73 Å². The number of ketones is 2. The molecule has 0 saturated carbocycles. The van der Waals surface area contributed by atoms with Gasteiger partial charge < -0.3 is 10.5 Å². The van der Waals surface area contributed by atoms with Crippen molar-refractivity contribution in [1.29, 1.82) is 0 Å². The zero-order chi connectivity index (χ0) is 16.6. The minimum atomic E-state index is -2.90.